The van der Waals surface area contributed by atoms with Crippen LogP contribution in [0.3, 0.4) is 0 Å². The highest BCUT2D eigenvalue weighted by molar-refractivity contribution is 4.79. The summed E-state index contributed by atoms with van der Waals surface area (Å²) in [6, 6.07) is 1.69. The summed E-state index contributed by atoms with van der Waals surface area (Å²) < 4.78 is 0. The van der Waals surface area contributed by atoms with Gasteiger partial charge in [0, 0.05) is 31.7 Å². The zero-order valence-electron chi connectivity index (χ0n) is 13.9. The Morgan fingerprint density at radius 2 is 1.50 bits per heavy atom. The molecule has 0 unspecified atom stereocenters. The minimum atomic E-state index is 0.800. The van der Waals surface area contributed by atoms with Gasteiger partial charge in [-0.1, -0.05) is 52.4 Å². The van der Waals surface area contributed by atoms with Gasteiger partial charge in [-0.3, -0.25) is 4.90 Å². The van der Waals surface area contributed by atoms with Crippen LogP contribution in [0.2, 0.25) is 0 Å². The molecule has 0 aliphatic heterocycles. The third-order valence-corrected chi connectivity index (χ3v) is 5.13. The number of nitrogens with zero attached hydrogens (tertiary/aromatic N) is 1. The fourth-order valence-corrected chi connectivity index (χ4v) is 4.06. The zero-order chi connectivity index (χ0) is 14.2. The van der Waals surface area contributed by atoms with Crippen molar-refractivity contribution < 1.29 is 0 Å². The summed E-state index contributed by atoms with van der Waals surface area (Å²) in [5.74, 6) is 0.800. The molecule has 0 aromatic carbocycles. The van der Waals surface area contributed by atoms with Gasteiger partial charge in [0.25, 0.3) is 0 Å². The quantitative estimate of drug-likeness (QED) is 0.703. The van der Waals surface area contributed by atoms with Gasteiger partial charge in [0.05, 0.1) is 0 Å². The average Bonchev–Trinajstić information content (AvgIpc) is 2.82. The van der Waals surface area contributed by atoms with E-state index in [1.807, 2.05) is 0 Å². The summed E-state index contributed by atoms with van der Waals surface area (Å²) in [7, 11) is 0. The summed E-state index contributed by atoms with van der Waals surface area (Å²) in [4.78, 5) is 2.78. The van der Waals surface area contributed by atoms with E-state index in [2.05, 4.69) is 24.1 Å². The zero-order valence-corrected chi connectivity index (χ0v) is 13.9. The molecule has 0 amide bonds. The molecule has 2 nitrogen and oxygen atoms in total. The molecule has 2 saturated carbocycles. The number of rotatable bonds is 7. The van der Waals surface area contributed by atoms with Crippen molar-refractivity contribution in [1.29, 1.82) is 0 Å². The van der Waals surface area contributed by atoms with Crippen molar-refractivity contribution in [2.45, 2.75) is 90.1 Å². The van der Waals surface area contributed by atoms with Crippen molar-refractivity contribution in [3.63, 3.8) is 0 Å². The highest BCUT2D eigenvalue weighted by Gasteiger charge is 2.23. The minimum Gasteiger partial charge on any atom is -0.313 e. The Bertz CT molecular complexity index is 238. The number of nitrogens with one attached hydrogen (secondary N) is 1. The molecule has 2 aliphatic rings. The van der Waals surface area contributed by atoms with Crippen LogP contribution < -0.4 is 5.32 Å². The predicted octanol–water partition coefficient (Wildman–Crippen LogP) is 4.20. The normalized spacial score (nSPS) is 22.8. The molecular weight excluding hydrogens is 244 g/mol. The Kier molecular flexibility index (Phi) is 7.37. The van der Waals surface area contributed by atoms with Crippen LogP contribution >= 0.6 is 0 Å². The van der Waals surface area contributed by atoms with Gasteiger partial charge in [-0.2, -0.15) is 0 Å². The first-order valence-corrected chi connectivity index (χ1v) is 9.23. The van der Waals surface area contributed by atoms with Crippen molar-refractivity contribution in [2.75, 3.05) is 19.6 Å². The van der Waals surface area contributed by atoms with E-state index in [1.54, 1.807) is 0 Å². The van der Waals surface area contributed by atoms with E-state index in [9.17, 15) is 0 Å². The van der Waals surface area contributed by atoms with E-state index in [4.69, 9.17) is 0 Å². The van der Waals surface area contributed by atoms with Crippen LogP contribution in [-0.2, 0) is 0 Å². The SMILES string of the molecule is CC(C)CN(CCNC1CCCCCC1)C1CCCC1. The molecule has 2 rings (SSSR count). The second kappa shape index (κ2) is 9.04. The van der Waals surface area contributed by atoms with Gasteiger partial charge in [-0.05, 0) is 31.6 Å². The van der Waals surface area contributed by atoms with Gasteiger partial charge < -0.3 is 5.32 Å². The van der Waals surface area contributed by atoms with Crippen molar-refractivity contribution in [1.82, 2.24) is 10.2 Å². The van der Waals surface area contributed by atoms with Crippen molar-refractivity contribution in [2.24, 2.45) is 5.92 Å². The second-order valence-electron chi connectivity index (χ2n) is 7.47. The van der Waals surface area contributed by atoms with Crippen molar-refractivity contribution >= 4 is 0 Å². The Hall–Kier alpha value is -0.0800. The van der Waals surface area contributed by atoms with E-state index in [0.717, 1.165) is 18.0 Å². The Balaban J connectivity index is 1.70. The molecule has 0 spiro atoms. The van der Waals surface area contributed by atoms with Crippen molar-refractivity contribution in [3.8, 4) is 0 Å². The van der Waals surface area contributed by atoms with E-state index in [1.165, 1.54) is 83.8 Å². The largest absolute Gasteiger partial charge is 0.313 e. The smallest absolute Gasteiger partial charge is 0.0110 e. The summed E-state index contributed by atoms with van der Waals surface area (Å²) in [5.41, 5.74) is 0. The van der Waals surface area contributed by atoms with Gasteiger partial charge in [-0.25, -0.2) is 0 Å². The third-order valence-electron chi connectivity index (χ3n) is 5.13. The van der Waals surface area contributed by atoms with Gasteiger partial charge in [0.2, 0.25) is 0 Å². The molecule has 2 heteroatoms. The van der Waals surface area contributed by atoms with E-state index in [0.29, 0.717) is 0 Å². The first-order chi connectivity index (χ1) is 9.75. The predicted molar refractivity (Wildman–Crippen MR) is 88.2 cm³/mol. The first-order valence-electron chi connectivity index (χ1n) is 9.23. The maximum atomic E-state index is 3.85. The fraction of sp³-hybridized carbons (Fsp3) is 1.00. The fourth-order valence-electron chi connectivity index (χ4n) is 4.06. The highest BCUT2D eigenvalue weighted by atomic mass is 15.2. The Labute approximate surface area is 126 Å². The van der Waals surface area contributed by atoms with Gasteiger partial charge in [0.1, 0.15) is 0 Å². The molecule has 0 saturated heterocycles. The minimum absolute atomic E-state index is 0.800. The Morgan fingerprint density at radius 1 is 0.900 bits per heavy atom. The topological polar surface area (TPSA) is 15.3 Å². The highest BCUT2D eigenvalue weighted by Crippen LogP contribution is 2.24. The lowest BCUT2D eigenvalue weighted by atomic mass is 10.1. The Morgan fingerprint density at radius 3 is 2.10 bits per heavy atom. The molecule has 2 fully saturated rings. The van der Waals surface area contributed by atoms with E-state index in [-0.39, 0.29) is 0 Å². The van der Waals surface area contributed by atoms with Crippen LogP contribution in [-0.4, -0.2) is 36.6 Å². The van der Waals surface area contributed by atoms with Crippen LogP contribution in [0.25, 0.3) is 0 Å². The van der Waals surface area contributed by atoms with Gasteiger partial charge in [-0.15, -0.1) is 0 Å². The number of hydrogen-bond acceptors (Lipinski definition) is 2. The molecule has 2 aliphatic carbocycles. The molecule has 0 aromatic heterocycles. The molecule has 0 heterocycles. The maximum absolute atomic E-state index is 3.85. The summed E-state index contributed by atoms with van der Waals surface area (Å²) in [5, 5.41) is 3.85. The first kappa shape index (κ1) is 16.3. The van der Waals surface area contributed by atoms with Gasteiger partial charge in [0.15, 0.2) is 0 Å². The molecule has 20 heavy (non-hydrogen) atoms. The second-order valence-corrected chi connectivity index (χ2v) is 7.47. The molecule has 0 atom stereocenters. The lowest BCUT2D eigenvalue weighted by molar-refractivity contribution is 0.175. The van der Waals surface area contributed by atoms with E-state index < -0.39 is 0 Å². The molecule has 1 N–H and O–H groups in total. The maximum Gasteiger partial charge on any atom is 0.0110 e. The molecule has 118 valence electrons. The van der Waals surface area contributed by atoms with Crippen LogP contribution in [0.5, 0.6) is 0 Å². The van der Waals surface area contributed by atoms with Crippen LogP contribution in [0, 0.1) is 5.92 Å². The summed E-state index contributed by atoms with van der Waals surface area (Å²) >= 11 is 0. The molecule has 0 aromatic rings. The lowest BCUT2D eigenvalue weighted by Gasteiger charge is -2.31. The average molecular weight is 280 g/mol. The van der Waals surface area contributed by atoms with Crippen LogP contribution in [0.1, 0.15) is 78.1 Å². The van der Waals surface area contributed by atoms with Crippen LogP contribution in [0.4, 0.5) is 0 Å². The van der Waals surface area contributed by atoms with Crippen molar-refractivity contribution in [3.05, 3.63) is 0 Å². The van der Waals surface area contributed by atoms with E-state index >= 15 is 0 Å². The standard InChI is InChI=1S/C18H36N2/c1-16(2)15-20(18-11-7-8-12-18)14-13-19-17-9-5-3-4-6-10-17/h16-19H,3-15H2,1-2H3. The summed E-state index contributed by atoms with van der Waals surface area (Å²) in [6.07, 6.45) is 14.4. The molecule has 0 bridgehead atoms. The number of hydrogen-bond donors (Lipinski definition) is 1. The van der Waals surface area contributed by atoms with Gasteiger partial charge >= 0.3 is 0 Å². The van der Waals surface area contributed by atoms with Crippen LogP contribution in [0.15, 0.2) is 0 Å². The molecular formula is C18H36N2. The monoisotopic (exact) mass is 280 g/mol. The third kappa shape index (κ3) is 5.73. The lowest BCUT2D eigenvalue weighted by Crippen LogP contribution is -2.42. The molecule has 0 radical (unpaired) electrons. The summed E-state index contributed by atoms with van der Waals surface area (Å²) in [6.45, 7) is 8.48.